The Hall–Kier alpha value is -1.09. The summed E-state index contributed by atoms with van der Waals surface area (Å²) in [4.78, 5) is 16.6. The third-order valence-electron chi connectivity index (χ3n) is 3.98. The molecule has 2 saturated heterocycles. The van der Waals surface area contributed by atoms with Crippen molar-refractivity contribution in [3.8, 4) is 12.3 Å². The van der Waals surface area contributed by atoms with Gasteiger partial charge in [0.15, 0.2) is 0 Å². The van der Waals surface area contributed by atoms with Gasteiger partial charge in [0.05, 0.1) is 25.2 Å². The Kier molecular flexibility index (Phi) is 3.91. The van der Waals surface area contributed by atoms with Crippen molar-refractivity contribution in [1.29, 1.82) is 0 Å². The lowest BCUT2D eigenvalue weighted by molar-refractivity contribution is -0.143. The van der Waals surface area contributed by atoms with Crippen LogP contribution < -0.4 is 5.73 Å². The summed E-state index contributed by atoms with van der Waals surface area (Å²) in [6.45, 7) is 6.58. The van der Waals surface area contributed by atoms with Gasteiger partial charge in [-0.15, -0.1) is 6.42 Å². The van der Waals surface area contributed by atoms with Crippen molar-refractivity contribution in [2.45, 2.75) is 13.0 Å². The summed E-state index contributed by atoms with van der Waals surface area (Å²) >= 11 is 0. The number of carbonyl (C=O) groups is 1. The van der Waals surface area contributed by atoms with Crippen molar-refractivity contribution in [3.05, 3.63) is 0 Å². The molecule has 0 bridgehead atoms. The van der Waals surface area contributed by atoms with Crippen LogP contribution in [-0.2, 0) is 9.53 Å². The van der Waals surface area contributed by atoms with E-state index in [1.54, 1.807) is 0 Å². The summed E-state index contributed by atoms with van der Waals surface area (Å²) in [5, 5.41) is 0. The highest BCUT2D eigenvalue weighted by Gasteiger charge is 2.46. The smallest absolute Gasteiger partial charge is 0.232 e. The van der Waals surface area contributed by atoms with E-state index < -0.39 is 5.41 Å². The molecule has 5 nitrogen and oxygen atoms in total. The minimum absolute atomic E-state index is 0.118. The Labute approximate surface area is 108 Å². The molecule has 2 heterocycles. The van der Waals surface area contributed by atoms with Crippen molar-refractivity contribution >= 4 is 5.91 Å². The summed E-state index contributed by atoms with van der Waals surface area (Å²) < 4.78 is 5.33. The van der Waals surface area contributed by atoms with Crippen LogP contribution in [0.4, 0.5) is 0 Å². The highest BCUT2D eigenvalue weighted by molar-refractivity contribution is 5.83. The number of nitrogens with two attached hydrogens (primary N) is 1. The van der Waals surface area contributed by atoms with Gasteiger partial charge in [-0.05, 0) is 6.92 Å². The molecule has 100 valence electrons. The fourth-order valence-electron chi connectivity index (χ4n) is 2.51. The van der Waals surface area contributed by atoms with Crippen LogP contribution in [0.5, 0.6) is 0 Å². The maximum atomic E-state index is 12.5. The standard InChI is InChI=1S/C13H21N3O2/c1-3-4-15-5-7-16(8-6-15)12(17)13(2)10-18-9-11(13)14/h1,11H,4-10,14H2,2H3. The Balaban J connectivity index is 1.94. The van der Waals surface area contributed by atoms with Crippen LogP contribution >= 0.6 is 0 Å². The number of nitrogens with zero attached hydrogens (tertiary/aromatic N) is 2. The molecular weight excluding hydrogens is 230 g/mol. The van der Waals surface area contributed by atoms with Crippen LogP contribution in [0.3, 0.4) is 0 Å². The first-order valence-corrected chi connectivity index (χ1v) is 6.36. The van der Waals surface area contributed by atoms with E-state index >= 15 is 0 Å². The molecule has 0 aliphatic carbocycles. The summed E-state index contributed by atoms with van der Waals surface area (Å²) in [6, 6.07) is -0.200. The second-order valence-corrected chi connectivity index (χ2v) is 5.31. The van der Waals surface area contributed by atoms with Crippen LogP contribution in [-0.4, -0.2) is 67.7 Å². The van der Waals surface area contributed by atoms with Gasteiger partial charge in [0, 0.05) is 32.2 Å². The number of amides is 1. The van der Waals surface area contributed by atoms with E-state index in [2.05, 4.69) is 10.8 Å². The van der Waals surface area contributed by atoms with Gasteiger partial charge in [0.2, 0.25) is 5.91 Å². The molecule has 0 radical (unpaired) electrons. The lowest BCUT2D eigenvalue weighted by Crippen LogP contribution is -2.56. The van der Waals surface area contributed by atoms with Crippen LogP contribution in [0.25, 0.3) is 0 Å². The Bertz CT molecular complexity index is 358. The molecule has 5 heteroatoms. The molecule has 2 unspecified atom stereocenters. The molecule has 2 N–H and O–H groups in total. The predicted molar refractivity (Wildman–Crippen MR) is 68.8 cm³/mol. The van der Waals surface area contributed by atoms with Crippen molar-refractivity contribution in [3.63, 3.8) is 0 Å². The molecular formula is C13H21N3O2. The molecule has 0 aromatic carbocycles. The number of terminal acetylenes is 1. The fourth-order valence-corrected chi connectivity index (χ4v) is 2.51. The van der Waals surface area contributed by atoms with E-state index in [1.165, 1.54) is 0 Å². The molecule has 2 atom stereocenters. The average Bonchev–Trinajstić information content (AvgIpc) is 2.71. The Morgan fingerprint density at radius 3 is 2.67 bits per heavy atom. The molecule has 1 amide bonds. The van der Waals surface area contributed by atoms with Gasteiger partial charge in [-0.2, -0.15) is 0 Å². The van der Waals surface area contributed by atoms with Gasteiger partial charge in [-0.1, -0.05) is 5.92 Å². The highest BCUT2D eigenvalue weighted by atomic mass is 16.5. The SMILES string of the molecule is C#CCN1CCN(C(=O)C2(C)COCC2N)CC1. The predicted octanol–water partition coefficient (Wildman–Crippen LogP) is -0.872. The molecule has 0 saturated carbocycles. The van der Waals surface area contributed by atoms with E-state index in [0.29, 0.717) is 19.8 Å². The largest absolute Gasteiger partial charge is 0.379 e. The van der Waals surface area contributed by atoms with Crippen LogP contribution in [0, 0.1) is 17.8 Å². The molecule has 2 aliphatic heterocycles. The third kappa shape index (κ3) is 2.37. The summed E-state index contributed by atoms with van der Waals surface area (Å²) in [6.07, 6.45) is 5.29. The van der Waals surface area contributed by atoms with Gasteiger partial charge in [-0.3, -0.25) is 9.69 Å². The normalized spacial score (nSPS) is 33.4. The molecule has 0 spiro atoms. The van der Waals surface area contributed by atoms with Crippen LogP contribution in [0.1, 0.15) is 6.92 Å². The average molecular weight is 251 g/mol. The van der Waals surface area contributed by atoms with Crippen molar-refractivity contribution in [2.24, 2.45) is 11.1 Å². The number of hydrogen-bond acceptors (Lipinski definition) is 4. The quantitative estimate of drug-likeness (QED) is 0.648. The zero-order chi connectivity index (χ0) is 13.2. The second kappa shape index (κ2) is 5.27. The van der Waals surface area contributed by atoms with E-state index in [9.17, 15) is 4.79 Å². The monoisotopic (exact) mass is 251 g/mol. The zero-order valence-electron chi connectivity index (χ0n) is 10.9. The zero-order valence-corrected chi connectivity index (χ0v) is 10.9. The van der Waals surface area contributed by atoms with Gasteiger partial charge < -0.3 is 15.4 Å². The van der Waals surface area contributed by atoms with Crippen LogP contribution in [0.15, 0.2) is 0 Å². The van der Waals surface area contributed by atoms with Gasteiger partial charge in [0.1, 0.15) is 0 Å². The van der Waals surface area contributed by atoms with Gasteiger partial charge in [0.25, 0.3) is 0 Å². The minimum Gasteiger partial charge on any atom is -0.379 e. The number of hydrogen-bond donors (Lipinski definition) is 1. The highest BCUT2D eigenvalue weighted by Crippen LogP contribution is 2.29. The number of rotatable bonds is 2. The van der Waals surface area contributed by atoms with Crippen molar-refractivity contribution < 1.29 is 9.53 Å². The lowest BCUT2D eigenvalue weighted by Gasteiger charge is -2.38. The fraction of sp³-hybridized carbons (Fsp3) is 0.769. The first-order chi connectivity index (χ1) is 8.58. The van der Waals surface area contributed by atoms with E-state index in [-0.39, 0.29) is 11.9 Å². The maximum absolute atomic E-state index is 12.5. The van der Waals surface area contributed by atoms with E-state index in [0.717, 1.165) is 26.2 Å². The number of ether oxygens (including phenoxy) is 1. The van der Waals surface area contributed by atoms with Gasteiger partial charge >= 0.3 is 0 Å². The molecule has 18 heavy (non-hydrogen) atoms. The Morgan fingerprint density at radius 1 is 1.50 bits per heavy atom. The van der Waals surface area contributed by atoms with Crippen LogP contribution in [0.2, 0.25) is 0 Å². The third-order valence-corrected chi connectivity index (χ3v) is 3.98. The summed E-state index contributed by atoms with van der Waals surface area (Å²) in [5.74, 6) is 2.75. The lowest BCUT2D eigenvalue weighted by atomic mass is 9.84. The van der Waals surface area contributed by atoms with Gasteiger partial charge in [-0.25, -0.2) is 0 Å². The van der Waals surface area contributed by atoms with Crippen molar-refractivity contribution in [1.82, 2.24) is 9.80 Å². The van der Waals surface area contributed by atoms with E-state index in [1.807, 2.05) is 11.8 Å². The number of carbonyl (C=O) groups excluding carboxylic acids is 1. The first kappa shape index (κ1) is 13.3. The molecule has 2 rings (SSSR count). The molecule has 0 aromatic rings. The topological polar surface area (TPSA) is 58.8 Å². The first-order valence-electron chi connectivity index (χ1n) is 6.36. The summed E-state index contributed by atoms with van der Waals surface area (Å²) in [5.41, 5.74) is 5.43. The summed E-state index contributed by atoms with van der Waals surface area (Å²) in [7, 11) is 0. The van der Waals surface area contributed by atoms with Crippen molar-refractivity contribution in [2.75, 3.05) is 45.9 Å². The Morgan fingerprint density at radius 2 is 2.17 bits per heavy atom. The molecule has 2 fully saturated rings. The minimum atomic E-state index is -0.561. The maximum Gasteiger partial charge on any atom is 0.232 e. The second-order valence-electron chi connectivity index (χ2n) is 5.31. The number of piperazine rings is 1. The molecule has 0 aromatic heterocycles. The molecule has 2 aliphatic rings. The van der Waals surface area contributed by atoms with E-state index in [4.69, 9.17) is 16.9 Å².